The third-order valence-electron chi connectivity index (χ3n) is 3.33. The van der Waals surface area contributed by atoms with Gasteiger partial charge in [0.25, 0.3) is 5.69 Å². The molecule has 0 radical (unpaired) electrons. The molecule has 7 nitrogen and oxygen atoms in total. The van der Waals surface area contributed by atoms with Gasteiger partial charge in [0, 0.05) is 26.2 Å². The van der Waals surface area contributed by atoms with Gasteiger partial charge in [0.2, 0.25) is 0 Å². The first-order valence-corrected chi connectivity index (χ1v) is 7.30. The van der Waals surface area contributed by atoms with E-state index in [1.54, 1.807) is 0 Å². The lowest BCUT2D eigenvalue weighted by Gasteiger charge is -2.01. The predicted octanol–water partition coefficient (Wildman–Crippen LogP) is 4.01. The van der Waals surface area contributed by atoms with Crippen molar-refractivity contribution >= 4 is 60.7 Å². The second-order valence-corrected chi connectivity index (χ2v) is 6.15. The summed E-state index contributed by atoms with van der Waals surface area (Å²) in [6.45, 7) is 0. The first kappa shape index (κ1) is 15.2. The lowest BCUT2D eigenvalue weighted by Crippen LogP contribution is -2.02. The van der Waals surface area contributed by atoms with Crippen molar-refractivity contribution in [1.82, 2.24) is 0 Å². The van der Waals surface area contributed by atoms with Crippen LogP contribution in [0.5, 0.6) is 0 Å². The number of carboxylic acid groups (broad SMARTS) is 2. The highest BCUT2D eigenvalue weighted by Gasteiger charge is 2.23. The topological polar surface area (TPSA) is 118 Å². The van der Waals surface area contributed by atoms with Gasteiger partial charge < -0.3 is 10.2 Å². The Kier molecular flexibility index (Phi) is 3.42. The smallest absolute Gasteiger partial charge is 0.342 e. The molecule has 1 heterocycles. The van der Waals surface area contributed by atoms with Crippen LogP contribution in [0, 0.1) is 10.1 Å². The number of thiophene rings is 1. The number of rotatable bonds is 3. The van der Waals surface area contributed by atoms with E-state index in [1.807, 2.05) is 0 Å². The number of nitrogens with zero attached hydrogens (tertiary/aromatic N) is 1. The minimum atomic E-state index is -1.43. The van der Waals surface area contributed by atoms with E-state index in [-0.39, 0.29) is 10.6 Å². The molecular formula is C14H6ClNO6S. The van der Waals surface area contributed by atoms with E-state index in [0.29, 0.717) is 20.2 Å². The number of halogens is 1. The van der Waals surface area contributed by atoms with Crippen LogP contribution < -0.4 is 0 Å². The molecule has 0 amide bonds. The Morgan fingerprint density at radius 3 is 2.04 bits per heavy atom. The van der Waals surface area contributed by atoms with Gasteiger partial charge in [0.1, 0.15) is 5.56 Å². The second-order valence-electron chi connectivity index (χ2n) is 4.66. The number of aromatic carboxylic acids is 2. The van der Waals surface area contributed by atoms with Crippen molar-refractivity contribution < 1.29 is 24.7 Å². The van der Waals surface area contributed by atoms with Crippen molar-refractivity contribution in [2.45, 2.75) is 0 Å². The molecule has 0 aliphatic carbocycles. The molecule has 0 aliphatic heterocycles. The Morgan fingerprint density at radius 1 is 1.00 bits per heavy atom. The summed E-state index contributed by atoms with van der Waals surface area (Å²) in [4.78, 5) is 32.7. The third-order valence-corrected chi connectivity index (χ3v) is 4.76. The fraction of sp³-hybridized carbons (Fsp3) is 0. The van der Waals surface area contributed by atoms with Gasteiger partial charge in [-0.2, -0.15) is 0 Å². The molecule has 0 aliphatic rings. The van der Waals surface area contributed by atoms with Crippen LogP contribution >= 0.6 is 22.9 Å². The molecule has 3 aromatic rings. The van der Waals surface area contributed by atoms with Crippen molar-refractivity contribution in [3.05, 3.63) is 50.5 Å². The van der Waals surface area contributed by atoms with Gasteiger partial charge in [-0.25, -0.2) is 9.59 Å². The number of fused-ring (bicyclic) bond motifs is 3. The summed E-state index contributed by atoms with van der Waals surface area (Å²) < 4.78 is 1.10. The third kappa shape index (κ3) is 2.37. The van der Waals surface area contributed by atoms with Crippen LogP contribution in [-0.4, -0.2) is 27.1 Å². The number of hydrogen-bond acceptors (Lipinski definition) is 5. The second kappa shape index (κ2) is 5.18. The summed E-state index contributed by atoms with van der Waals surface area (Å²) in [6, 6.07) is 5.17. The first-order valence-electron chi connectivity index (χ1n) is 6.10. The van der Waals surface area contributed by atoms with Gasteiger partial charge in [-0.15, -0.1) is 11.3 Å². The zero-order valence-electron chi connectivity index (χ0n) is 11.1. The molecule has 116 valence electrons. The number of carbonyl (C=O) groups is 2. The average Bonchev–Trinajstić information content (AvgIpc) is 2.80. The fourth-order valence-corrected chi connectivity index (χ4v) is 3.77. The van der Waals surface area contributed by atoms with Crippen molar-refractivity contribution in [3.8, 4) is 0 Å². The summed E-state index contributed by atoms with van der Waals surface area (Å²) in [5.74, 6) is -2.64. The highest BCUT2D eigenvalue weighted by Crippen LogP contribution is 2.39. The molecule has 0 bridgehead atoms. The maximum absolute atomic E-state index is 11.2. The zero-order chi connectivity index (χ0) is 16.9. The van der Waals surface area contributed by atoms with Gasteiger partial charge in [0.15, 0.2) is 0 Å². The Hall–Kier alpha value is -2.71. The van der Waals surface area contributed by atoms with Crippen molar-refractivity contribution in [2.75, 3.05) is 0 Å². The van der Waals surface area contributed by atoms with Crippen LogP contribution in [0.3, 0.4) is 0 Å². The van der Waals surface area contributed by atoms with Crippen LogP contribution in [-0.2, 0) is 0 Å². The summed E-state index contributed by atoms with van der Waals surface area (Å²) in [5.41, 5.74) is -1.08. The van der Waals surface area contributed by atoms with E-state index < -0.39 is 28.1 Å². The number of nitro benzene ring substituents is 1. The zero-order valence-corrected chi connectivity index (χ0v) is 12.6. The fourth-order valence-electron chi connectivity index (χ4n) is 2.32. The van der Waals surface area contributed by atoms with E-state index in [2.05, 4.69) is 0 Å². The molecule has 0 fully saturated rings. The predicted molar refractivity (Wildman–Crippen MR) is 84.9 cm³/mol. The van der Waals surface area contributed by atoms with Crippen LogP contribution in [0.4, 0.5) is 5.69 Å². The molecule has 1 aromatic heterocycles. The normalized spacial score (nSPS) is 11.0. The Morgan fingerprint density at radius 2 is 1.52 bits per heavy atom. The molecule has 23 heavy (non-hydrogen) atoms. The van der Waals surface area contributed by atoms with E-state index >= 15 is 0 Å². The van der Waals surface area contributed by atoms with Gasteiger partial charge in [-0.3, -0.25) is 10.1 Å². The molecule has 0 atom stereocenters. The number of benzene rings is 2. The molecule has 2 aromatic carbocycles. The van der Waals surface area contributed by atoms with E-state index in [1.165, 1.54) is 35.6 Å². The van der Waals surface area contributed by atoms with Crippen molar-refractivity contribution in [3.63, 3.8) is 0 Å². The quantitative estimate of drug-likeness (QED) is 0.543. The Balaban J connectivity index is 2.44. The summed E-state index contributed by atoms with van der Waals surface area (Å²) in [5, 5.41) is 30.3. The number of nitro groups is 1. The van der Waals surface area contributed by atoms with Crippen LogP contribution in [0.25, 0.3) is 20.2 Å². The lowest BCUT2D eigenvalue weighted by molar-refractivity contribution is -0.385. The molecule has 0 spiro atoms. The van der Waals surface area contributed by atoms with Gasteiger partial charge >= 0.3 is 11.9 Å². The van der Waals surface area contributed by atoms with Crippen molar-refractivity contribution in [1.29, 1.82) is 0 Å². The first-order chi connectivity index (χ1) is 10.8. The average molecular weight is 352 g/mol. The molecular weight excluding hydrogens is 346 g/mol. The lowest BCUT2D eigenvalue weighted by atomic mass is 10.1. The maximum Gasteiger partial charge on any atom is 0.342 e. The van der Waals surface area contributed by atoms with Crippen LogP contribution in [0.2, 0.25) is 5.02 Å². The summed E-state index contributed by atoms with van der Waals surface area (Å²) >= 11 is 7.09. The van der Waals surface area contributed by atoms with Crippen molar-refractivity contribution in [2.24, 2.45) is 0 Å². The molecule has 9 heteroatoms. The van der Waals surface area contributed by atoms with E-state index in [9.17, 15) is 19.7 Å². The maximum atomic E-state index is 11.2. The van der Waals surface area contributed by atoms with Crippen LogP contribution in [0.1, 0.15) is 20.7 Å². The van der Waals surface area contributed by atoms with E-state index in [4.69, 9.17) is 21.8 Å². The number of carboxylic acids is 2. The monoisotopic (exact) mass is 351 g/mol. The minimum absolute atomic E-state index is 0.0458. The molecule has 3 rings (SSSR count). The molecule has 0 unspecified atom stereocenters. The molecule has 0 saturated heterocycles. The van der Waals surface area contributed by atoms with Gasteiger partial charge in [-0.1, -0.05) is 11.6 Å². The highest BCUT2D eigenvalue weighted by atomic mass is 35.5. The number of hydrogen-bond donors (Lipinski definition) is 2. The summed E-state index contributed by atoms with van der Waals surface area (Å²) in [7, 11) is 0. The minimum Gasteiger partial charge on any atom is -0.478 e. The standard InChI is InChI=1S/C14H6ClNO6S/c15-9-3-11-5(1-7(9)13(17)18)6-2-8(14(19)20)10(16(21)22)4-12(6)23-11/h1-4H,(H,17,18)(H,19,20). The van der Waals surface area contributed by atoms with Gasteiger partial charge in [0.05, 0.1) is 15.5 Å². The highest BCUT2D eigenvalue weighted by molar-refractivity contribution is 7.25. The largest absolute Gasteiger partial charge is 0.478 e. The van der Waals surface area contributed by atoms with E-state index in [0.717, 1.165) is 0 Å². The van der Waals surface area contributed by atoms with Crippen LogP contribution in [0.15, 0.2) is 24.3 Å². The SMILES string of the molecule is O=C(O)c1cc2c(cc1Cl)sc1cc([N+](=O)[O-])c(C(=O)O)cc12. The molecule has 2 N–H and O–H groups in total. The Bertz CT molecular complexity index is 1030. The molecule has 0 saturated carbocycles. The Labute approximate surface area is 136 Å². The van der Waals surface area contributed by atoms with Gasteiger partial charge in [-0.05, 0) is 18.2 Å². The summed E-state index contributed by atoms with van der Waals surface area (Å²) in [6.07, 6.45) is 0.